The molecule has 0 saturated carbocycles. The molecular weight excluding hydrogens is 232 g/mol. The van der Waals surface area contributed by atoms with Crippen molar-refractivity contribution < 1.29 is 4.79 Å². The Bertz CT molecular complexity index is 357. The number of anilines is 1. The highest BCUT2D eigenvalue weighted by Gasteiger charge is 2.03. The van der Waals surface area contributed by atoms with Gasteiger partial charge in [0.25, 0.3) is 6.54 Å². The second kappa shape index (κ2) is 4.63. The van der Waals surface area contributed by atoms with Gasteiger partial charge in [-0.1, -0.05) is 22.0 Å². The summed E-state index contributed by atoms with van der Waals surface area (Å²) < 4.78 is 0.896. The number of carbonyl (C=O) groups excluding carboxylic acids is 1. The van der Waals surface area contributed by atoms with E-state index in [1.165, 1.54) is 0 Å². The van der Waals surface area contributed by atoms with Crippen LogP contribution in [0.1, 0.15) is 0 Å². The molecule has 13 heavy (non-hydrogen) atoms. The van der Waals surface area contributed by atoms with E-state index in [4.69, 9.17) is 6.57 Å². The Morgan fingerprint density at radius 2 is 2.38 bits per heavy atom. The Morgan fingerprint density at radius 3 is 3.00 bits per heavy atom. The van der Waals surface area contributed by atoms with Crippen LogP contribution < -0.4 is 5.32 Å². The van der Waals surface area contributed by atoms with Crippen LogP contribution in [0.2, 0.25) is 0 Å². The zero-order valence-corrected chi connectivity index (χ0v) is 8.34. The first-order valence-electron chi connectivity index (χ1n) is 3.61. The molecule has 0 atom stereocenters. The fraction of sp³-hybridized carbons (Fsp3) is 0.111. The zero-order valence-electron chi connectivity index (χ0n) is 6.75. The number of hydrogen-bond donors (Lipinski definition) is 1. The first-order chi connectivity index (χ1) is 6.22. The third kappa shape index (κ3) is 3.26. The van der Waals surface area contributed by atoms with Crippen molar-refractivity contribution in [2.24, 2.45) is 0 Å². The quantitative estimate of drug-likeness (QED) is 0.789. The number of nitrogens with zero attached hydrogens (tertiary/aromatic N) is 1. The average Bonchev–Trinajstić information content (AvgIpc) is 2.04. The van der Waals surface area contributed by atoms with Gasteiger partial charge in [-0.2, -0.15) is 0 Å². The van der Waals surface area contributed by atoms with Crippen LogP contribution in [0.25, 0.3) is 4.85 Å². The zero-order chi connectivity index (χ0) is 9.68. The lowest BCUT2D eigenvalue weighted by molar-refractivity contribution is -0.114. The predicted octanol–water partition coefficient (Wildman–Crippen LogP) is 2.31. The lowest BCUT2D eigenvalue weighted by Crippen LogP contribution is -2.13. The van der Waals surface area contributed by atoms with Crippen LogP contribution in [0.5, 0.6) is 0 Å². The second-order valence-electron chi connectivity index (χ2n) is 2.37. The first-order valence-corrected chi connectivity index (χ1v) is 4.40. The van der Waals surface area contributed by atoms with Crippen molar-refractivity contribution in [3.8, 4) is 0 Å². The number of halogens is 1. The van der Waals surface area contributed by atoms with Crippen LogP contribution in [0.3, 0.4) is 0 Å². The summed E-state index contributed by atoms with van der Waals surface area (Å²) >= 11 is 3.28. The number of carbonyl (C=O) groups is 1. The molecule has 0 unspecified atom stereocenters. The van der Waals surface area contributed by atoms with Gasteiger partial charge in [0.05, 0.1) is 0 Å². The second-order valence-corrected chi connectivity index (χ2v) is 3.29. The fourth-order valence-corrected chi connectivity index (χ4v) is 1.24. The van der Waals surface area contributed by atoms with Crippen LogP contribution in [-0.2, 0) is 4.79 Å². The summed E-state index contributed by atoms with van der Waals surface area (Å²) in [5.74, 6) is -0.284. The van der Waals surface area contributed by atoms with Crippen molar-refractivity contribution in [1.82, 2.24) is 0 Å². The van der Waals surface area contributed by atoms with Gasteiger partial charge < -0.3 is 10.2 Å². The molecular formula is C9H7BrN2O. The molecule has 0 spiro atoms. The van der Waals surface area contributed by atoms with Crippen molar-refractivity contribution in [3.05, 3.63) is 40.2 Å². The van der Waals surface area contributed by atoms with Gasteiger partial charge in [0.15, 0.2) is 0 Å². The van der Waals surface area contributed by atoms with Gasteiger partial charge in [-0.15, -0.1) is 0 Å². The minimum Gasteiger partial charge on any atom is -0.320 e. The normalized spacial score (nSPS) is 8.92. The molecule has 0 aromatic heterocycles. The van der Waals surface area contributed by atoms with E-state index in [1.54, 1.807) is 12.1 Å². The Labute approximate surface area is 84.7 Å². The highest BCUT2D eigenvalue weighted by molar-refractivity contribution is 9.10. The lowest BCUT2D eigenvalue weighted by atomic mass is 10.3. The van der Waals surface area contributed by atoms with Crippen LogP contribution in [0.4, 0.5) is 5.69 Å². The summed E-state index contributed by atoms with van der Waals surface area (Å²) in [6, 6.07) is 7.23. The molecule has 0 bridgehead atoms. The molecule has 3 nitrogen and oxygen atoms in total. The Hall–Kier alpha value is -1.34. The lowest BCUT2D eigenvalue weighted by Gasteiger charge is -2.00. The first kappa shape index (κ1) is 9.75. The molecule has 0 radical (unpaired) electrons. The minimum atomic E-state index is -0.284. The average molecular weight is 239 g/mol. The summed E-state index contributed by atoms with van der Waals surface area (Å²) in [6.07, 6.45) is 0. The number of hydrogen-bond acceptors (Lipinski definition) is 1. The summed E-state index contributed by atoms with van der Waals surface area (Å²) in [7, 11) is 0. The number of amides is 1. The van der Waals surface area contributed by atoms with Crippen molar-refractivity contribution >= 4 is 27.5 Å². The van der Waals surface area contributed by atoms with Gasteiger partial charge in [-0.25, -0.2) is 6.57 Å². The third-order valence-electron chi connectivity index (χ3n) is 1.33. The Kier molecular flexibility index (Phi) is 3.47. The van der Waals surface area contributed by atoms with Crippen LogP contribution in [-0.4, -0.2) is 12.5 Å². The van der Waals surface area contributed by atoms with Gasteiger partial charge in [0.2, 0.25) is 0 Å². The smallest absolute Gasteiger partial charge is 0.304 e. The molecule has 1 aromatic carbocycles. The topological polar surface area (TPSA) is 33.5 Å². The van der Waals surface area contributed by atoms with Crippen molar-refractivity contribution in [1.29, 1.82) is 0 Å². The van der Waals surface area contributed by atoms with E-state index >= 15 is 0 Å². The standard InChI is InChI=1S/C9H7BrN2O/c1-11-6-9(13)12-8-4-2-3-7(10)5-8/h2-5H,6H2,(H,12,13). The molecule has 1 amide bonds. The van der Waals surface area contributed by atoms with Gasteiger partial charge >= 0.3 is 5.91 Å². The predicted molar refractivity (Wildman–Crippen MR) is 54.2 cm³/mol. The molecule has 1 N–H and O–H groups in total. The summed E-state index contributed by atoms with van der Waals surface area (Å²) in [5, 5.41) is 2.60. The van der Waals surface area contributed by atoms with Gasteiger partial charge in [0.1, 0.15) is 0 Å². The molecule has 0 heterocycles. The largest absolute Gasteiger partial charge is 0.320 e. The Balaban J connectivity index is 2.65. The van der Waals surface area contributed by atoms with E-state index in [0.29, 0.717) is 5.69 Å². The van der Waals surface area contributed by atoms with Gasteiger partial charge in [-0.05, 0) is 18.2 Å². The molecule has 0 aliphatic rings. The van der Waals surface area contributed by atoms with E-state index < -0.39 is 0 Å². The summed E-state index contributed by atoms with van der Waals surface area (Å²) in [4.78, 5) is 14.0. The van der Waals surface area contributed by atoms with E-state index in [-0.39, 0.29) is 12.5 Å². The minimum absolute atomic E-state index is 0.132. The van der Waals surface area contributed by atoms with Crippen LogP contribution >= 0.6 is 15.9 Å². The van der Waals surface area contributed by atoms with Crippen LogP contribution in [0.15, 0.2) is 28.7 Å². The number of rotatable bonds is 2. The highest BCUT2D eigenvalue weighted by Crippen LogP contribution is 2.15. The number of nitrogens with one attached hydrogen (secondary N) is 1. The SMILES string of the molecule is [C-]#[N+]CC(=O)Nc1cccc(Br)c1. The maximum Gasteiger partial charge on any atom is 0.304 e. The monoisotopic (exact) mass is 238 g/mol. The molecule has 1 aromatic rings. The summed E-state index contributed by atoms with van der Waals surface area (Å²) in [6.45, 7) is 6.36. The Morgan fingerprint density at radius 1 is 1.62 bits per heavy atom. The molecule has 4 heteroatoms. The summed E-state index contributed by atoms with van der Waals surface area (Å²) in [5.41, 5.74) is 0.697. The van der Waals surface area contributed by atoms with E-state index in [1.807, 2.05) is 12.1 Å². The molecule has 0 aliphatic carbocycles. The van der Waals surface area contributed by atoms with Crippen molar-refractivity contribution in [2.75, 3.05) is 11.9 Å². The highest BCUT2D eigenvalue weighted by atomic mass is 79.9. The number of benzene rings is 1. The van der Waals surface area contributed by atoms with Gasteiger partial charge in [-0.3, -0.25) is 4.79 Å². The molecule has 0 aliphatic heterocycles. The maximum atomic E-state index is 11.0. The molecule has 0 saturated heterocycles. The van der Waals surface area contributed by atoms with E-state index in [2.05, 4.69) is 26.1 Å². The van der Waals surface area contributed by atoms with Gasteiger partial charge in [0, 0.05) is 10.2 Å². The van der Waals surface area contributed by atoms with Crippen LogP contribution in [0, 0.1) is 6.57 Å². The molecule has 0 fully saturated rings. The fourth-order valence-electron chi connectivity index (χ4n) is 0.839. The van der Waals surface area contributed by atoms with Crippen molar-refractivity contribution in [2.45, 2.75) is 0 Å². The molecule has 66 valence electrons. The maximum absolute atomic E-state index is 11.0. The molecule has 1 rings (SSSR count). The third-order valence-corrected chi connectivity index (χ3v) is 1.82. The van der Waals surface area contributed by atoms with E-state index in [9.17, 15) is 4.79 Å². The van der Waals surface area contributed by atoms with Crippen molar-refractivity contribution in [3.63, 3.8) is 0 Å². The van der Waals surface area contributed by atoms with E-state index in [0.717, 1.165) is 4.47 Å².